The Morgan fingerprint density at radius 1 is 1.24 bits per heavy atom. The fourth-order valence-electron chi connectivity index (χ4n) is 2.26. The third-order valence-electron chi connectivity index (χ3n) is 3.45. The van der Waals surface area contributed by atoms with Crippen molar-refractivity contribution in [3.8, 4) is 0 Å². The van der Waals surface area contributed by atoms with Crippen molar-refractivity contribution in [2.75, 3.05) is 13.6 Å². The smallest absolute Gasteiger partial charge is 0.0370 e. The van der Waals surface area contributed by atoms with Crippen molar-refractivity contribution in [1.82, 2.24) is 4.90 Å². The van der Waals surface area contributed by atoms with Gasteiger partial charge in [-0.15, -0.1) is 0 Å². The number of benzene rings is 1. The summed E-state index contributed by atoms with van der Waals surface area (Å²) in [7, 11) is 2.07. The Balaban J connectivity index is 3.24. The van der Waals surface area contributed by atoms with Gasteiger partial charge in [0.1, 0.15) is 0 Å². The van der Waals surface area contributed by atoms with E-state index < -0.39 is 0 Å². The molecular formula is C20H25N. The first-order valence-electron chi connectivity index (χ1n) is 7.21. The summed E-state index contributed by atoms with van der Waals surface area (Å²) in [6, 6.07) is 6.30. The zero-order valence-corrected chi connectivity index (χ0v) is 13.2. The van der Waals surface area contributed by atoms with Gasteiger partial charge in [-0.2, -0.15) is 0 Å². The molecule has 1 rings (SSSR count). The molecule has 0 heterocycles. The second kappa shape index (κ2) is 8.11. The summed E-state index contributed by atoms with van der Waals surface area (Å²) in [6.45, 7) is 18.9. The van der Waals surface area contributed by atoms with E-state index in [0.717, 1.165) is 40.9 Å². The van der Waals surface area contributed by atoms with Crippen molar-refractivity contribution in [3.63, 3.8) is 0 Å². The lowest BCUT2D eigenvalue weighted by atomic mass is 9.97. The monoisotopic (exact) mass is 279 g/mol. The summed E-state index contributed by atoms with van der Waals surface area (Å²) in [6.07, 6.45) is 8.53. The molecule has 0 saturated heterocycles. The van der Waals surface area contributed by atoms with Crippen LogP contribution in [0.15, 0.2) is 62.7 Å². The molecule has 0 aliphatic rings. The van der Waals surface area contributed by atoms with E-state index in [9.17, 15) is 0 Å². The number of allylic oxidation sites excluding steroid dienone is 4. The van der Waals surface area contributed by atoms with E-state index in [-0.39, 0.29) is 0 Å². The van der Waals surface area contributed by atoms with Gasteiger partial charge in [-0.05, 0) is 29.2 Å². The number of hydrogen-bond acceptors (Lipinski definition) is 1. The number of hydrogen-bond donors (Lipinski definition) is 0. The third kappa shape index (κ3) is 4.09. The van der Waals surface area contributed by atoms with Crippen LogP contribution in [-0.4, -0.2) is 18.5 Å². The predicted molar refractivity (Wildman–Crippen MR) is 96.9 cm³/mol. The normalized spacial score (nSPS) is 10.9. The van der Waals surface area contributed by atoms with Gasteiger partial charge in [0.25, 0.3) is 0 Å². The largest absolute Gasteiger partial charge is 0.375 e. The SMILES string of the molecule is C=C/C=C(\C=C)c1ccc(C(=C)N(C)CCC)c(C=C)c1. The van der Waals surface area contributed by atoms with Crippen LogP contribution < -0.4 is 0 Å². The fraction of sp³-hybridized carbons (Fsp3) is 0.200. The van der Waals surface area contributed by atoms with Crippen LogP contribution >= 0.6 is 0 Å². The summed E-state index contributed by atoms with van der Waals surface area (Å²) in [4.78, 5) is 2.18. The second-order valence-corrected chi connectivity index (χ2v) is 4.94. The Labute approximate surface area is 129 Å². The highest BCUT2D eigenvalue weighted by Gasteiger charge is 2.09. The molecule has 0 atom stereocenters. The predicted octanol–water partition coefficient (Wildman–Crippen LogP) is 5.40. The number of nitrogens with zero attached hydrogens (tertiary/aromatic N) is 1. The minimum absolute atomic E-state index is 0.992. The highest BCUT2D eigenvalue weighted by molar-refractivity contribution is 5.79. The molecule has 0 spiro atoms. The second-order valence-electron chi connectivity index (χ2n) is 4.94. The first-order valence-corrected chi connectivity index (χ1v) is 7.21. The van der Waals surface area contributed by atoms with E-state index in [1.807, 2.05) is 18.2 Å². The van der Waals surface area contributed by atoms with E-state index in [0.29, 0.717) is 0 Å². The minimum atomic E-state index is 0.992. The molecule has 1 heteroatoms. The summed E-state index contributed by atoms with van der Waals surface area (Å²) < 4.78 is 0. The van der Waals surface area contributed by atoms with E-state index in [2.05, 4.69) is 63.4 Å². The standard InChI is InChI=1S/C20H25N/c1-7-11-17(9-3)19-12-13-20(18(10-4)15-19)16(5)21(6)14-8-2/h7,9-13,15H,1,3-5,8,14H2,2,6H3/b17-11+. The Kier molecular flexibility index (Phi) is 6.48. The lowest BCUT2D eigenvalue weighted by molar-refractivity contribution is 0.478. The van der Waals surface area contributed by atoms with Crippen molar-refractivity contribution in [2.45, 2.75) is 13.3 Å². The average molecular weight is 279 g/mol. The molecular weight excluding hydrogens is 254 g/mol. The summed E-state index contributed by atoms with van der Waals surface area (Å²) in [5, 5.41) is 0. The highest BCUT2D eigenvalue weighted by Crippen LogP contribution is 2.26. The molecule has 0 fully saturated rings. The molecule has 1 nitrogen and oxygen atoms in total. The van der Waals surface area contributed by atoms with Gasteiger partial charge in [-0.3, -0.25) is 0 Å². The van der Waals surface area contributed by atoms with Crippen molar-refractivity contribution in [3.05, 3.63) is 79.4 Å². The van der Waals surface area contributed by atoms with E-state index in [1.165, 1.54) is 0 Å². The van der Waals surface area contributed by atoms with Crippen molar-refractivity contribution in [2.24, 2.45) is 0 Å². The Bertz CT molecular complexity index is 576. The van der Waals surface area contributed by atoms with Gasteiger partial charge in [0.2, 0.25) is 0 Å². The molecule has 1 aromatic carbocycles. The zero-order chi connectivity index (χ0) is 15.8. The van der Waals surface area contributed by atoms with Crippen LogP contribution in [0.4, 0.5) is 0 Å². The van der Waals surface area contributed by atoms with Crippen LogP contribution in [0.3, 0.4) is 0 Å². The fourth-order valence-corrected chi connectivity index (χ4v) is 2.26. The molecule has 0 bridgehead atoms. The maximum Gasteiger partial charge on any atom is 0.0370 e. The quantitative estimate of drug-likeness (QED) is 0.576. The molecule has 110 valence electrons. The maximum absolute atomic E-state index is 4.21. The molecule has 0 aromatic heterocycles. The Morgan fingerprint density at radius 2 is 1.95 bits per heavy atom. The molecule has 1 aromatic rings. The van der Waals surface area contributed by atoms with E-state index >= 15 is 0 Å². The summed E-state index contributed by atoms with van der Waals surface area (Å²) in [5.41, 5.74) is 5.37. The van der Waals surface area contributed by atoms with Gasteiger partial charge in [-0.25, -0.2) is 0 Å². The van der Waals surface area contributed by atoms with Gasteiger partial charge in [0.15, 0.2) is 0 Å². The molecule has 0 N–H and O–H groups in total. The van der Waals surface area contributed by atoms with Gasteiger partial charge < -0.3 is 4.90 Å². The Morgan fingerprint density at radius 3 is 2.48 bits per heavy atom. The van der Waals surface area contributed by atoms with Gasteiger partial charge in [0.05, 0.1) is 0 Å². The molecule has 0 aliphatic carbocycles. The lowest BCUT2D eigenvalue weighted by Gasteiger charge is -2.23. The third-order valence-corrected chi connectivity index (χ3v) is 3.45. The molecule has 0 aliphatic heterocycles. The molecule has 0 radical (unpaired) electrons. The van der Waals surface area contributed by atoms with Crippen LogP contribution in [0.25, 0.3) is 17.3 Å². The minimum Gasteiger partial charge on any atom is -0.375 e. The first-order chi connectivity index (χ1) is 10.1. The maximum atomic E-state index is 4.21. The van der Waals surface area contributed by atoms with Gasteiger partial charge in [-0.1, -0.05) is 69.7 Å². The van der Waals surface area contributed by atoms with Crippen LogP contribution in [-0.2, 0) is 0 Å². The van der Waals surface area contributed by atoms with Crippen LogP contribution in [0, 0.1) is 0 Å². The van der Waals surface area contributed by atoms with Crippen LogP contribution in [0.1, 0.15) is 30.0 Å². The topological polar surface area (TPSA) is 3.24 Å². The van der Waals surface area contributed by atoms with Crippen LogP contribution in [0.5, 0.6) is 0 Å². The molecule has 0 amide bonds. The van der Waals surface area contributed by atoms with Crippen LogP contribution in [0.2, 0.25) is 0 Å². The van der Waals surface area contributed by atoms with Gasteiger partial charge >= 0.3 is 0 Å². The molecule has 0 saturated carbocycles. The lowest BCUT2D eigenvalue weighted by Crippen LogP contribution is -2.17. The van der Waals surface area contributed by atoms with Gasteiger partial charge in [0, 0.05) is 24.9 Å². The molecule has 0 unspecified atom stereocenters. The summed E-state index contributed by atoms with van der Waals surface area (Å²) in [5.74, 6) is 0. The zero-order valence-electron chi connectivity index (χ0n) is 13.2. The Hall–Kier alpha value is -2.28. The average Bonchev–Trinajstić information content (AvgIpc) is 2.51. The summed E-state index contributed by atoms with van der Waals surface area (Å²) >= 11 is 0. The van der Waals surface area contributed by atoms with E-state index in [1.54, 1.807) is 6.08 Å². The van der Waals surface area contributed by atoms with Crippen molar-refractivity contribution >= 4 is 17.3 Å². The number of rotatable bonds is 8. The first kappa shape index (κ1) is 16.8. The molecule has 21 heavy (non-hydrogen) atoms. The van der Waals surface area contributed by atoms with Crippen molar-refractivity contribution in [1.29, 1.82) is 0 Å². The van der Waals surface area contributed by atoms with E-state index in [4.69, 9.17) is 0 Å². The highest BCUT2D eigenvalue weighted by atomic mass is 15.1. The van der Waals surface area contributed by atoms with Crippen molar-refractivity contribution < 1.29 is 0 Å².